The van der Waals surface area contributed by atoms with Crippen molar-refractivity contribution in [3.63, 3.8) is 0 Å². The van der Waals surface area contributed by atoms with E-state index < -0.39 is 13.0 Å². The Balaban J connectivity index is 1.38. The summed E-state index contributed by atoms with van der Waals surface area (Å²) >= 11 is 0. The third kappa shape index (κ3) is 5.35. The molecule has 12 heteroatoms. The molecular weight excluding hydrogens is 482 g/mol. The van der Waals surface area contributed by atoms with E-state index in [2.05, 4.69) is 20.7 Å². The molecule has 4 aromatic rings. The van der Waals surface area contributed by atoms with E-state index in [0.29, 0.717) is 47.7 Å². The van der Waals surface area contributed by atoms with Gasteiger partial charge in [0.1, 0.15) is 16.9 Å². The Morgan fingerprint density at radius 1 is 1.08 bits per heavy atom. The van der Waals surface area contributed by atoms with Crippen molar-refractivity contribution in [2.75, 3.05) is 38.0 Å². The average Bonchev–Trinajstić information content (AvgIpc) is 3.45. The predicted octanol–water partition coefficient (Wildman–Crippen LogP) is 4.14. The highest BCUT2D eigenvalue weighted by atomic mass is 19.3. The van der Waals surface area contributed by atoms with Crippen LogP contribution in [-0.4, -0.2) is 75.1 Å². The lowest BCUT2D eigenvalue weighted by Gasteiger charge is -2.29. The minimum absolute atomic E-state index is 0.266. The van der Waals surface area contributed by atoms with E-state index in [-0.39, 0.29) is 12.1 Å². The van der Waals surface area contributed by atoms with Crippen LogP contribution in [0.4, 0.5) is 20.5 Å². The topological polar surface area (TPSA) is 103 Å². The lowest BCUT2D eigenvalue weighted by Crippen LogP contribution is -2.31. The molecule has 0 aliphatic heterocycles. The van der Waals surface area contributed by atoms with Crippen molar-refractivity contribution >= 4 is 28.4 Å². The van der Waals surface area contributed by atoms with Crippen LogP contribution in [0.25, 0.3) is 27.9 Å². The summed E-state index contributed by atoms with van der Waals surface area (Å²) in [4.78, 5) is 13.8. The molecule has 0 amide bonds. The molecule has 0 saturated heterocycles. The first-order valence-corrected chi connectivity index (χ1v) is 12.5. The van der Waals surface area contributed by atoms with E-state index in [0.717, 1.165) is 36.8 Å². The molecule has 1 saturated carbocycles. The Morgan fingerprint density at radius 2 is 1.89 bits per heavy atom. The number of nitrogens with zero attached hydrogens (tertiary/aromatic N) is 6. The Labute approximate surface area is 213 Å². The first-order valence-electron chi connectivity index (χ1n) is 12.5. The van der Waals surface area contributed by atoms with E-state index in [1.54, 1.807) is 24.6 Å². The monoisotopic (exact) mass is 514 g/mol. The SMILES string of the molecule is CNc1nc(N[C@H]2CC[C@@H](OCCOC)CC2)nn2ccc(-c3ccc4nc(C)n(CC(F)F)c4n3)c12. The van der Waals surface area contributed by atoms with Gasteiger partial charge in [0.25, 0.3) is 6.43 Å². The van der Waals surface area contributed by atoms with Crippen LogP contribution >= 0.6 is 0 Å². The molecule has 0 atom stereocenters. The van der Waals surface area contributed by atoms with Crippen molar-refractivity contribution in [3.05, 3.63) is 30.2 Å². The van der Waals surface area contributed by atoms with Gasteiger partial charge >= 0.3 is 0 Å². The molecule has 0 bridgehead atoms. The summed E-state index contributed by atoms with van der Waals surface area (Å²) in [6.07, 6.45) is 3.53. The van der Waals surface area contributed by atoms with Crippen molar-refractivity contribution < 1.29 is 18.3 Å². The number of rotatable bonds is 10. The molecule has 0 radical (unpaired) electrons. The lowest BCUT2D eigenvalue weighted by atomic mass is 9.93. The summed E-state index contributed by atoms with van der Waals surface area (Å²) in [5.74, 6) is 1.69. The van der Waals surface area contributed by atoms with Crippen molar-refractivity contribution in [2.24, 2.45) is 0 Å². The van der Waals surface area contributed by atoms with Gasteiger partial charge in [-0.1, -0.05) is 0 Å². The van der Waals surface area contributed by atoms with Gasteiger partial charge in [0.05, 0.1) is 31.6 Å². The number of methoxy groups -OCH3 is 1. The highest BCUT2D eigenvalue weighted by molar-refractivity contribution is 5.89. The summed E-state index contributed by atoms with van der Waals surface area (Å²) in [6.45, 7) is 2.49. The van der Waals surface area contributed by atoms with Crippen LogP contribution in [0, 0.1) is 6.92 Å². The molecule has 1 aliphatic carbocycles. The minimum Gasteiger partial charge on any atom is -0.382 e. The Hall–Kier alpha value is -3.38. The number of aryl methyl sites for hydroxylation is 1. The van der Waals surface area contributed by atoms with E-state index >= 15 is 0 Å². The van der Waals surface area contributed by atoms with Crippen LogP contribution < -0.4 is 10.6 Å². The van der Waals surface area contributed by atoms with Crippen molar-refractivity contribution in [2.45, 2.75) is 57.7 Å². The number of imidazole rings is 1. The maximum Gasteiger partial charge on any atom is 0.256 e. The van der Waals surface area contributed by atoms with Crippen LogP contribution in [0.1, 0.15) is 31.5 Å². The highest BCUT2D eigenvalue weighted by Gasteiger charge is 2.23. The maximum absolute atomic E-state index is 13.2. The zero-order valence-corrected chi connectivity index (χ0v) is 21.2. The second-order valence-corrected chi connectivity index (χ2v) is 9.24. The fourth-order valence-corrected chi connectivity index (χ4v) is 4.94. The lowest BCUT2D eigenvalue weighted by molar-refractivity contribution is -0.00158. The van der Waals surface area contributed by atoms with Gasteiger partial charge in [-0.15, -0.1) is 5.10 Å². The van der Waals surface area contributed by atoms with E-state index in [1.807, 2.05) is 25.4 Å². The van der Waals surface area contributed by atoms with Crippen molar-refractivity contribution in [3.8, 4) is 11.3 Å². The Bertz CT molecular complexity index is 1360. The number of aromatic nitrogens is 6. The fourth-order valence-electron chi connectivity index (χ4n) is 4.94. The van der Waals surface area contributed by atoms with Gasteiger partial charge in [-0.25, -0.2) is 23.3 Å². The number of hydrogen-bond donors (Lipinski definition) is 2. The summed E-state index contributed by atoms with van der Waals surface area (Å²) in [5.41, 5.74) is 3.21. The van der Waals surface area contributed by atoms with Crippen LogP contribution in [0.2, 0.25) is 0 Å². The minimum atomic E-state index is -2.50. The first-order chi connectivity index (χ1) is 18.0. The second-order valence-electron chi connectivity index (χ2n) is 9.24. The van der Waals surface area contributed by atoms with E-state index in [9.17, 15) is 8.78 Å². The summed E-state index contributed by atoms with van der Waals surface area (Å²) in [6, 6.07) is 5.82. The number of halogens is 2. The molecule has 10 nitrogen and oxygen atoms in total. The maximum atomic E-state index is 13.2. The van der Waals surface area contributed by atoms with Crippen LogP contribution in [0.3, 0.4) is 0 Å². The van der Waals surface area contributed by atoms with Crippen molar-refractivity contribution in [1.29, 1.82) is 0 Å². The third-order valence-electron chi connectivity index (χ3n) is 6.78. The third-order valence-corrected chi connectivity index (χ3v) is 6.78. The zero-order chi connectivity index (χ0) is 25.9. The molecule has 37 heavy (non-hydrogen) atoms. The van der Waals surface area contributed by atoms with Gasteiger partial charge in [0, 0.05) is 32.0 Å². The predicted molar refractivity (Wildman–Crippen MR) is 137 cm³/mol. The largest absolute Gasteiger partial charge is 0.382 e. The number of pyridine rings is 1. The molecule has 4 heterocycles. The molecule has 5 rings (SSSR count). The smallest absolute Gasteiger partial charge is 0.256 e. The summed E-state index contributed by atoms with van der Waals surface area (Å²) in [5, 5.41) is 11.3. The standard InChI is InChI=1S/C25H32F2N8O2/c1-15-29-20-9-8-19(31-24(20)34(15)14-21(26)27)18-10-11-35-22(18)23(28-2)32-25(33-35)30-16-4-6-17(7-5-16)37-13-12-36-3/h8-11,16-17,21H,4-7,12-14H2,1-3H3,(H2,28,30,32,33)/t16-,17+. The molecule has 1 fully saturated rings. The van der Waals surface area contributed by atoms with Crippen LogP contribution in [0.15, 0.2) is 24.4 Å². The molecule has 0 aromatic carbocycles. The molecule has 0 unspecified atom stereocenters. The summed E-state index contributed by atoms with van der Waals surface area (Å²) in [7, 11) is 3.49. The molecule has 1 aliphatic rings. The van der Waals surface area contributed by atoms with Gasteiger partial charge < -0.3 is 24.7 Å². The number of alkyl halides is 2. The molecule has 4 aromatic heterocycles. The zero-order valence-electron chi connectivity index (χ0n) is 21.2. The Morgan fingerprint density at radius 3 is 2.62 bits per heavy atom. The van der Waals surface area contributed by atoms with Crippen molar-refractivity contribution in [1.82, 2.24) is 29.1 Å². The highest BCUT2D eigenvalue weighted by Crippen LogP contribution is 2.31. The van der Waals surface area contributed by atoms with Gasteiger partial charge in [-0.3, -0.25) is 0 Å². The molecule has 2 N–H and O–H groups in total. The average molecular weight is 515 g/mol. The summed E-state index contributed by atoms with van der Waals surface area (Å²) < 4.78 is 40.5. The quantitative estimate of drug-likeness (QED) is 0.305. The number of nitrogens with one attached hydrogen (secondary N) is 2. The number of anilines is 2. The van der Waals surface area contributed by atoms with Crippen LogP contribution in [0.5, 0.6) is 0 Å². The molecule has 0 spiro atoms. The van der Waals surface area contributed by atoms with Gasteiger partial charge in [-0.05, 0) is 50.8 Å². The van der Waals surface area contributed by atoms with Gasteiger partial charge in [-0.2, -0.15) is 4.98 Å². The molecule has 198 valence electrons. The first kappa shape index (κ1) is 25.3. The van der Waals surface area contributed by atoms with E-state index in [4.69, 9.17) is 19.4 Å². The van der Waals surface area contributed by atoms with Gasteiger partial charge in [0.2, 0.25) is 5.95 Å². The Kier molecular flexibility index (Phi) is 7.47. The number of ether oxygens (including phenoxy) is 2. The van der Waals surface area contributed by atoms with E-state index in [1.165, 1.54) is 4.57 Å². The van der Waals surface area contributed by atoms with Gasteiger partial charge in [0.15, 0.2) is 11.5 Å². The molecular formula is C25H32F2N8O2. The number of hydrogen-bond acceptors (Lipinski definition) is 8. The second kappa shape index (κ2) is 10.9. The number of fused-ring (bicyclic) bond motifs is 2. The van der Waals surface area contributed by atoms with Crippen LogP contribution in [-0.2, 0) is 16.0 Å². The fraction of sp³-hybridized carbons (Fsp3) is 0.520. The normalized spacial score (nSPS) is 18.2.